The van der Waals surface area contributed by atoms with Crippen molar-refractivity contribution < 1.29 is 0 Å². The smallest absolute Gasteiger partial charge is 0.0298 e. The van der Waals surface area contributed by atoms with Gasteiger partial charge in [-0.15, -0.1) is 0 Å². The summed E-state index contributed by atoms with van der Waals surface area (Å²) in [6, 6.07) is 0.541. The molecule has 0 aromatic carbocycles. The summed E-state index contributed by atoms with van der Waals surface area (Å²) in [5.41, 5.74) is 1.28. The van der Waals surface area contributed by atoms with Gasteiger partial charge in [-0.25, -0.2) is 0 Å². The van der Waals surface area contributed by atoms with Gasteiger partial charge >= 0.3 is 0 Å². The highest BCUT2D eigenvalue weighted by molar-refractivity contribution is 5.21. The van der Waals surface area contributed by atoms with Crippen LogP contribution in [0.3, 0.4) is 0 Å². The lowest BCUT2D eigenvalue weighted by atomic mass is 10.0. The SMILES string of the molecule is CC1C=CC(NC(C)C)=CC1. The third-order valence-corrected chi connectivity index (χ3v) is 1.77. The molecule has 0 fully saturated rings. The summed E-state index contributed by atoms with van der Waals surface area (Å²) in [6.07, 6.45) is 7.87. The number of hydrogen-bond donors (Lipinski definition) is 1. The van der Waals surface area contributed by atoms with Gasteiger partial charge in [-0.1, -0.05) is 19.1 Å². The third kappa shape index (κ3) is 2.79. The second kappa shape index (κ2) is 3.61. The van der Waals surface area contributed by atoms with Gasteiger partial charge in [-0.05, 0) is 32.3 Å². The molecule has 1 nitrogen and oxygen atoms in total. The second-order valence-corrected chi connectivity index (χ2v) is 3.53. The van der Waals surface area contributed by atoms with E-state index in [9.17, 15) is 0 Å². The van der Waals surface area contributed by atoms with E-state index in [0.717, 1.165) is 0 Å². The van der Waals surface area contributed by atoms with Crippen LogP contribution in [0.2, 0.25) is 0 Å². The van der Waals surface area contributed by atoms with Crippen molar-refractivity contribution in [3.05, 3.63) is 23.9 Å². The number of nitrogens with one attached hydrogen (secondary N) is 1. The van der Waals surface area contributed by atoms with Crippen LogP contribution >= 0.6 is 0 Å². The van der Waals surface area contributed by atoms with Gasteiger partial charge < -0.3 is 5.32 Å². The molecule has 1 atom stereocenters. The Morgan fingerprint density at radius 2 is 2.27 bits per heavy atom. The molecular formula is C10H17N. The van der Waals surface area contributed by atoms with Gasteiger partial charge in [-0.3, -0.25) is 0 Å². The van der Waals surface area contributed by atoms with Crippen LogP contribution in [0.5, 0.6) is 0 Å². The Labute approximate surface area is 69.2 Å². The van der Waals surface area contributed by atoms with Crippen LogP contribution in [0.1, 0.15) is 27.2 Å². The minimum absolute atomic E-state index is 0.541. The highest BCUT2D eigenvalue weighted by atomic mass is 14.9. The summed E-state index contributed by atoms with van der Waals surface area (Å²) >= 11 is 0. The van der Waals surface area contributed by atoms with Crippen LogP contribution in [-0.4, -0.2) is 6.04 Å². The van der Waals surface area contributed by atoms with E-state index in [1.807, 2.05) is 0 Å². The molecule has 0 saturated heterocycles. The monoisotopic (exact) mass is 151 g/mol. The summed E-state index contributed by atoms with van der Waals surface area (Å²) < 4.78 is 0. The Bertz CT molecular complexity index is 177. The Kier molecular flexibility index (Phi) is 2.75. The van der Waals surface area contributed by atoms with E-state index in [0.29, 0.717) is 12.0 Å². The maximum absolute atomic E-state index is 3.38. The summed E-state index contributed by atoms with van der Waals surface area (Å²) in [5, 5.41) is 3.38. The predicted molar refractivity (Wildman–Crippen MR) is 49.3 cm³/mol. The van der Waals surface area contributed by atoms with E-state index in [4.69, 9.17) is 0 Å². The molecule has 0 saturated carbocycles. The Morgan fingerprint density at radius 3 is 2.73 bits per heavy atom. The molecule has 1 rings (SSSR count). The Balaban J connectivity index is 2.43. The fourth-order valence-electron chi connectivity index (χ4n) is 1.17. The zero-order chi connectivity index (χ0) is 8.27. The highest BCUT2D eigenvalue weighted by Crippen LogP contribution is 2.13. The van der Waals surface area contributed by atoms with Crippen molar-refractivity contribution in [3.8, 4) is 0 Å². The van der Waals surface area contributed by atoms with E-state index in [-0.39, 0.29) is 0 Å². The van der Waals surface area contributed by atoms with Crippen LogP contribution in [0.25, 0.3) is 0 Å². The van der Waals surface area contributed by atoms with Crippen molar-refractivity contribution in [2.45, 2.75) is 33.2 Å². The topological polar surface area (TPSA) is 12.0 Å². The lowest BCUT2D eigenvalue weighted by molar-refractivity contribution is 0.655. The molecule has 0 amide bonds. The molecule has 1 N–H and O–H groups in total. The van der Waals surface area contributed by atoms with Gasteiger partial charge in [0.15, 0.2) is 0 Å². The average Bonchev–Trinajstić information content (AvgIpc) is 1.93. The fourth-order valence-corrected chi connectivity index (χ4v) is 1.17. The van der Waals surface area contributed by atoms with E-state index in [1.54, 1.807) is 0 Å². The van der Waals surface area contributed by atoms with Crippen LogP contribution in [0.4, 0.5) is 0 Å². The molecule has 0 spiro atoms. The minimum Gasteiger partial charge on any atom is -0.383 e. The summed E-state index contributed by atoms with van der Waals surface area (Å²) in [4.78, 5) is 0. The largest absolute Gasteiger partial charge is 0.383 e. The van der Waals surface area contributed by atoms with Gasteiger partial charge in [0.1, 0.15) is 0 Å². The van der Waals surface area contributed by atoms with Crippen molar-refractivity contribution in [2.75, 3.05) is 0 Å². The molecule has 0 bridgehead atoms. The highest BCUT2D eigenvalue weighted by Gasteiger charge is 2.03. The van der Waals surface area contributed by atoms with Gasteiger partial charge in [-0.2, -0.15) is 0 Å². The zero-order valence-corrected chi connectivity index (χ0v) is 7.59. The molecular weight excluding hydrogens is 134 g/mol. The summed E-state index contributed by atoms with van der Waals surface area (Å²) in [7, 11) is 0. The molecule has 11 heavy (non-hydrogen) atoms. The molecule has 1 unspecified atom stereocenters. The van der Waals surface area contributed by atoms with Crippen molar-refractivity contribution in [2.24, 2.45) is 5.92 Å². The van der Waals surface area contributed by atoms with Gasteiger partial charge in [0, 0.05) is 11.7 Å². The number of rotatable bonds is 2. The lowest BCUT2D eigenvalue weighted by Crippen LogP contribution is -2.21. The normalized spacial score (nSPS) is 23.6. The van der Waals surface area contributed by atoms with Crippen LogP contribution < -0.4 is 5.32 Å². The number of hydrogen-bond acceptors (Lipinski definition) is 1. The molecule has 0 aromatic rings. The zero-order valence-electron chi connectivity index (χ0n) is 7.59. The summed E-state index contributed by atoms with van der Waals surface area (Å²) in [6.45, 7) is 6.55. The molecule has 0 heterocycles. The van der Waals surface area contributed by atoms with E-state index in [1.165, 1.54) is 12.1 Å². The van der Waals surface area contributed by atoms with Crippen LogP contribution in [-0.2, 0) is 0 Å². The van der Waals surface area contributed by atoms with E-state index < -0.39 is 0 Å². The molecule has 1 heteroatoms. The van der Waals surface area contributed by atoms with Crippen molar-refractivity contribution in [1.29, 1.82) is 0 Å². The first-order valence-electron chi connectivity index (χ1n) is 4.33. The van der Waals surface area contributed by atoms with Gasteiger partial charge in [0.05, 0.1) is 0 Å². The quantitative estimate of drug-likeness (QED) is 0.639. The van der Waals surface area contributed by atoms with Crippen molar-refractivity contribution in [3.63, 3.8) is 0 Å². The van der Waals surface area contributed by atoms with Crippen molar-refractivity contribution >= 4 is 0 Å². The Morgan fingerprint density at radius 1 is 1.55 bits per heavy atom. The first-order valence-corrected chi connectivity index (χ1v) is 4.33. The van der Waals surface area contributed by atoms with Gasteiger partial charge in [0.2, 0.25) is 0 Å². The standard InChI is InChI=1S/C10H17N/c1-8(2)11-10-6-4-9(3)5-7-10/h4,6-9,11H,5H2,1-3H3. The average molecular weight is 151 g/mol. The maximum Gasteiger partial charge on any atom is 0.0298 e. The lowest BCUT2D eigenvalue weighted by Gasteiger charge is -2.15. The molecule has 0 aliphatic heterocycles. The molecule has 1 aliphatic carbocycles. The van der Waals surface area contributed by atoms with E-state index >= 15 is 0 Å². The molecule has 0 aromatic heterocycles. The Hall–Kier alpha value is -0.720. The van der Waals surface area contributed by atoms with E-state index in [2.05, 4.69) is 44.3 Å². The third-order valence-electron chi connectivity index (χ3n) is 1.77. The first-order chi connectivity index (χ1) is 5.18. The molecule has 62 valence electrons. The van der Waals surface area contributed by atoms with Crippen LogP contribution in [0, 0.1) is 5.92 Å². The second-order valence-electron chi connectivity index (χ2n) is 3.53. The van der Waals surface area contributed by atoms with Crippen molar-refractivity contribution in [1.82, 2.24) is 5.32 Å². The summed E-state index contributed by atoms with van der Waals surface area (Å²) in [5.74, 6) is 0.715. The minimum atomic E-state index is 0.541. The molecule has 1 aliphatic rings. The molecule has 0 radical (unpaired) electrons. The van der Waals surface area contributed by atoms with Gasteiger partial charge in [0.25, 0.3) is 0 Å². The fraction of sp³-hybridized carbons (Fsp3) is 0.600. The first kappa shape index (κ1) is 8.38. The van der Waals surface area contributed by atoms with Crippen LogP contribution in [0.15, 0.2) is 23.9 Å². The maximum atomic E-state index is 3.38. The predicted octanol–water partition coefficient (Wildman–Crippen LogP) is 2.46. The number of allylic oxidation sites excluding steroid dienone is 3.